The van der Waals surface area contributed by atoms with Gasteiger partial charge in [-0.2, -0.15) is 9.38 Å². The van der Waals surface area contributed by atoms with Crippen LogP contribution in [0.1, 0.15) is 6.92 Å². The fourth-order valence-corrected chi connectivity index (χ4v) is 2.77. The highest BCUT2D eigenvalue weighted by Crippen LogP contribution is 2.35. The van der Waals surface area contributed by atoms with Crippen LogP contribution in [0.5, 0.6) is 0 Å². The smallest absolute Gasteiger partial charge is 0.373 e. The Morgan fingerprint density at radius 1 is 1.65 bits per heavy atom. The minimum Gasteiger partial charge on any atom is -0.386 e. The molecule has 0 unspecified atom stereocenters. The van der Waals surface area contributed by atoms with Gasteiger partial charge >= 0.3 is 5.82 Å². The zero-order chi connectivity index (χ0) is 12.2. The number of β-amino-alcohol motifs (C(OH)–C–C–N with tert-alkyl or cyclic N) is 1. The van der Waals surface area contributed by atoms with Gasteiger partial charge in [0.05, 0.1) is 5.60 Å². The van der Waals surface area contributed by atoms with E-state index in [1.165, 1.54) is 15.7 Å². The summed E-state index contributed by atoms with van der Waals surface area (Å²) in [5.41, 5.74) is -0.773. The highest BCUT2D eigenvalue weighted by molar-refractivity contribution is 7.15. The van der Waals surface area contributed by atoms with Crippen molar-refractivity contribution in [2.24, 2.45) is 0 Å². The molecule has 17 heavy (non-hydrogen) atoms. The van der Waals surface area contributed by atoms with Crippen LogP contribution in [-0.2, 0) is 0 Å². The van der Waals surface area contributed by atoms with Gasteiger partial charge in [0.25, 0.3) is 4.96 Å². The van der Waals surface area contributed by atoms with Crippen LogP contribution in [0.15, 0.2) is 11.6 Å². The van der Waals surface area contributed by atoms with Gasteiger partial charge in [0.15, 0.2) is 0 Å². The lowest BCUT2D eigenvalue weighted by atomic mass is 9.97. The molecule has 90 valence electrons. The summed E-state index contributed by atoms with van der Waals surface area (Å²) >= 11 is 1.35. The first-order chi connectivity index (χ1) is 7.98. The Kier molecular flexibility index (Phi) is 1.96. The molecule has 0 aliphatic carbocycles. The quantitative estimate of drug-likeness (QED) is 0.635. The number of rotatable bonds is 2. The molecule has 0 aromatic carbocycles. The van der Waals surface area contributed by atoms with Gasteiger partial charge in [-0.25, -0.2) is 0 Å². The summed E-state index contributed by atoms with van der Waals surface area (Å²) in [6.45, 7) is 2.45. The lowest BCUT2D eigenvalue weighted by molar-refractivity contribution is -0.389. The molecule has 1 aliphatic heterocycles. The summed E-state index contributed by atoms with van der Waals surface area (Å²) in [5.74, 6) is 0.310. The van der Waals surface area contributed by atoms with E-state index in [1.807, 2.05) is 0 Å². The molecule has 0 spiro atoms. The van der Waals surface area contributed by atoms with Crippen molar-refractivity contribution in [1.29, 1.82) is 0 Å². The van der Waals surface area contributed by atoms with Crippen molar-refractivity contribution in [3.63, 3.8) is 0 Å². The summed E-state index contributed by atoms with van der Waals surface area (Å²) in [5, 5.41) is 22.5. The second kappa shape index (κ2) is 3.17. The first kappa shape index (κ1) is 10.5. The normalized spacial score (nSPS) is 18.4. The van der Waals surface area contributed by atoms with Crippen molar-refractivity contribution >= 4 is 27.9 Å². The minimum absolute atomic E-state index is 0.0308. The van der Waals surface area contributed by atoms with E-state index >= 15 is 0 Å². The van der Waals surface area contributed by atoms with Gasteiger partial charge in [-0.3, -0.25) is 0 Å². The third-order valence-electron chi connectivity index (χ3n) is 2.75. The molecule has 7 nitrogen and oxygen atoms in total. The Morgan fingerprint density at radius 2 is 2.35 bits per heavy atom. The third kappa shape index (κ3) is 1.48. The Labute approximate surface area is 100 Å². The molecule has 2 aromatic heterocycles. The largest absolute Gasteiger partial charge is 0.386 e. The number of hydrogen-bond acceptors (Lipinski definition) is 6. The number of thiazole rings is 1. The van der Waals surface area contributed by atoms with E-state index in [-0.39, 0.29) is 5.82 Å². The maximum atomic E-state index is 11.1. The first-order valence-electron chi connectivity index (χ1n) is 5.05. The van der Waals surface area contributed by atoms with E-state index in [1.54, 1.807) is 23.4 Å². The fourth-order valence-electron chi connectivity index (χ4n) is 2.07. The zero-order valence-corrected chi connectivity index (χ0v) is 9.85. The number of imidazole rings is 1. The highest BCUT2D eigenvalue weighted by Gasteiger charge is 2.41. The van der Waals surface area contributed by atoms with Crippen molar-refractivity contribution in [2.75, 3.05) is 18.0 Å². The van der Waals surface area contributed by atoms with Crippen molar-refractivity contribution < 1.29 is 10.0 Å². The number of fused-ring (bicyclic) bond motifs is 1. The first-order valence-corrected chi connectivity index (χ1v) is 5.93. The van der Waals surface area contributed by atoms with E-state index in [0.29, 0.717) is 23.9 Å². The fraction of sp³-hybridized carbons (Fsp3) is 0.444. The van der Waals surface area contributed by atoms with Crippen molar-refractivity contribution in [3.05, 3.63) is 21.7 Å². The summed E-state index contributed by atoms with van der Waals surface area (Å²) in [6.07, 6.45) is 1.63. The van der Waals surface area contributed by atoms with Crippen LogP contribution in [0.4, 0.5) is 11.6 Å². The van der Waals surface area contributed by atoms with Crippen LogP contribution in [0, 0.1) is 10.1 Å². The molecular formula is C9H10N4O3S. The number of anilines is 1. The lowest BCUT2D eigenvalue weighted by Crippen LogP contribution is -2.60. The summed E-state index contributed by atoms with van der Waals surface area (Å²) in [7, 11) is 0. The second-order valence-corrected chi connectivity index (χ2v) is 5.30. The van der Waals surface area contributed by atoms with Gasteiger partial charge in [-0.05, 0) is 11.8 Å². The molecule has 0 amide bonds. The van der Waals surface area contributed by atoms with Crippen LogP contribution in [0.3, 0.4) is 0 Å². The molecule has 1 saturated heterocycles. The van der Waals surface area contributed by atoms with Crippen molar-refractivity contribution in [2.45, 2.75) is 12.5 Å². The molecule has 3 heterocycles. The predicted molar refractivity (Wildman–Crippen MR) is 62.6 cm³/mol. The molecular weight excluding hydrogens is 244 g/mol. The SMILES string of the molecule is CC1(O)CN(c2nc3sccn3c2[N+](=O)[O-])C1. The highest BCUT2D eigenvalue weighted by atomic mass is 32.1. The number of aliphatic hydroxyl groups is 1. The number of aromatic nitrogens is 2. The number of nitrogens with zero attached hydrogens (tertiary/aromatic N) is 4. The van der Waals surface area contributed by atoms with Gasteiger partial charge in [-0.15, -0.1) is 0 Å². The number of hydrogen-bond donors (Lipinski definition) is 1. The van der Waals surface area contributed by atoms with E-state index < -0.39 is 10.5 Å². The molecule has 8 heteroatoms. The van der Waals surface area contributed by atoms with Gasteiger partial charge in [-0.1, -0.05) is 11.3 Å². The second-order valence-electron chi connectivity index (χ2n) is 4.42. The van der Waals surface area contributed by atoms with Crippen molar-refractivity contribution in [1.82, 2.24) is 9.38 Å². The Hall–Kier alpha value is -1.67. The van der Waals surface area contributed by atoms with Crippen LogP contribution < -0.4 is 4.90 Å². The van der Waals surface area contributed by atoms with Crippen LogP contribution >= 0.6 is 11.3 Å². The third-order valence-corrected chi connectivity index (χ3v) is 3.51. The van der Waals surface area contributed by atoms with Gasteiger partial charge in [0.1, 0.15) is 6.20 Å². The average molecular weight is 254 g/mol. The average Bonchev–Trinajstić information content (AvgIpc) is 2.70. The van der Waals surface area contributed by atoms with Crippen LogP contribution in [-0.4, -0.2) is 38.1 Å². The summed E-state index contributed by atoms with van der Waals surface area (Å²) in [6, 6.07) is 0. The summed E-state index contributed by atoms with van der Waals surface area (Å²) in [4.78, 5) is 17.2. The molecule has 1 aliphatic rings. The predicted octanol–water partition coefficient (Wildman–Crippen LogP) is 0.875. The van der Waals surface area contributed by atoms with Gasteiger partial charge in [0.2, 0.25) is 5.82 Å². The van der Waals surface area contributed by atoms with E-state index in [2.05, 4.69) is 4.98 Å². The Balaban J connectivity index is 2.07. The zero-order valence-electron chi connectivity index (χ0n) is 9.03. The van der Waals surface area contributed by atoms with E-state index in [0.717, 1.165) is 0 Å². The van der Waals surface area contributed by atoms with Gasteiger partial charge in [0, 0.05) is 18.5 Å². The molecule has 2 aromatic rings. The maximum Gasteiger partial charge on any atom is 0.373 e. The van der Waals surface area contributed by atoms with Crippen LogP contribution in [0.25, 0.3) is 4.96 Å². The molecule has 0 atom stereocenters. The standard InChI is InChI=1S/C9H10N4O3S/c1-9(14)4-11(5-9)6-7(13(15)16)12-2-3-17-8(12)10-6/h2-3,14H,4-5H2,1H3. The van der Waals surface area contributed by atoms with E-state index in [4.69, 9.17) is 0 Å². The number of nitro groups is 1. The molecule has 0 saturated carbocycles. The molecule has 1 fully saturated rings. The molecule has 0 radical (unpaired) electrons. The maximum absolute atomic E-state index is 11.1. The van der Waals surface area contributed by atoms with Crippen LogP contribution in [0.2, 0.25) is 0 Å². The minimum atomic E-state index is -0.773. The van der Waals surface area contributed by atoms with Gasteiger partial charge < -0.3 is 20.1 Å². The Morgan fingerprint density at radius 3 is 2.94 bits per heavy atom. The Bertz CT molecular complexity index is 594. The molecule has 0 bridgehead atoms. The molecule has 3 rings (SSSR count). The van der Waals surface area contributed by atoms with Crippen molar-refractivity contribution in [3.8, 4) is 0 Å². The summed E-state index contributed by atoms with van der Waals surface area (Å²) < 4.78 is 1.47. The topological polar surface area (TPSA) is 83.9 Å². The monoisotopic (exact) mass is 254 g/mol. The molecule has 1 N–H and O–H groups in total. The lowest BCUT2D eigenvalue weighted by Gasteiger charge is -2.43. The van der Waals surface area contributed by atoms with E-state index in [9.17, 15) is 15.2 Å².